The van der Waals surface area contributed by atoms with Crippen LogP contribution in [0, 0.1) is 0 Å². The summed E-state index contributed by atoms with van der Waals surface area (Å²) >= 11 is 0. The Bertz CT molecular complexity index is 661. The van der Waals surface area contributed by atoms with Gasteiger partial charge in [-0.1, -0.05) is 35.5 Å². The van der Waals surface area contributed by atoms with Gasteiger partial charge in [0.2, 0.25) is 5.89 Å². The van der Waals surface area contributed by atoms with E-state index in [4.69, 9.17) is 9.26 Å². The Labute approximate surface area is 155 Å². The highest BCUT2D eigenvalue weighted by atomic mass is 16.5. The Morgan fingerprint density at radius 1 is 0.962 bits per heavy atom. The van der Waals surface area contributed by atoms with Gasteiger partial charge in [0.05, 0.1) is 6.54 Å². The predicted molar refractivity (Wildman–Crippen MR) is 99.0 cm³/mol. The lowest BCUT2D eigenvalue weighted by Gasteiger charge is -2.34. The van der Waals surface area contributed by atoms with Crippen molar-refractivity contribution < 1.29 is 9.26 Å². The zero-order valence-electron chi connectivity index (χ0n) is 15.3. The molecule has 1 aromatic carbocycles. The molecule has 4 rings (SSSR count). The monoisotopic (exact) mass is 356 g/mol. The minimum Gasteiger partial charge on any atom is -0.381 e. The molecule has 1 aromatic heterocycles. The highest BCUT2D eigenvalue weighted by molar-refractivity contribution is 5.14. The first-order valence-electron chi connectivity index (χ1n) is 9.76. The maximum absolute atomic E-state index is 5.50. The van der Waals surface area contributed by atoms with Crippen LogP contribution in [0.5, 0.6) is 0 Å². The fourth-order valence-electron chi connectivity index (χ4n) is 3.74. The number of benzene rings is 1. The van der Waals surface area contributed by atoms with Crippen molar-refractivity contribution in [3.05, 3.63) is 47.6 Å². The second kappa shape index (κ2) is 8.75. The highest BCUT2D eigenvalue weighted by Crippen LogP contribution is 2.25. The lowest BCUT2D eigenvalue weighted by Crippen LogP contribution is -2.46. The molecular formula is C20H28N4O2. The van der Waals surface area contributed by atoms with E-state index in [2.05, 4.69) is 50.3 Å². The first-order valence-corrected chi connectivity index (χ1v) is 9.76. The fraction of sp³-hybridized carbons (Fsp3) is 0.600. The van der Waals surface area contributed by atoms with Crippen LogP contribution < -0.4 is 0 Å². The molecule has 6 nitrogen and oxygen atoms in total. The zero-order valence-corrected chi connectivity index (χ0v) is 15.3. The standard InChI is InChI=1S/C20H28N4O2/c1-2-4-17(5-3-1)6-9-23-10-12-24(13-11-23)16-19-21-20(26-22-19)18-7-14-25-15-8-18/h1-5,18H,6-16H2. The summed E-state index contributed by atoms with van der Waals surface area (Å²) in [5, 5.41) is 4.20. The number of piperazine rings is 1. The SMILES string of the molecule is c1ccc(CCN2CCN(Cc3noc(C4CCOCC4)n3)CC2)cc1. The molecule has 0 amide bonds. The minimum absolute atomic E-state index is 0.375. The Morgan fingerprint density at radius 2 is 1.69 bits per heavy atom. The van der Waals surface area contributed by atoms with Gasteiger partial charge >= 0.3 is 0 Å². The van der Waals surface area contributed by atoms with Crippen molar-refractivity contribution in [1.29, 1.82) is 0 Å². The third kappa shape index (κ3) is 4.69. The summed E-state index contributed by atoms with van der Waals surface area (Å²) in [7, 11) is 0. The van der Waals surface area contributed by atoms with E-state index in [-0.39, 0.29) is 0 Å². The summed E-state index contributed by atoms with van der Waals surface area (Å²) in [5.74, 6) is 1.99. The average molecular weight is 356 g/mol. The van der Waals surface area contributed by atoms with E-state index in [0.29, 0.717) is 5.92 Å². The molecule has 0 aliphatic carbocycles. The summed E-state index contributed by atoms with van der Waals surface area (Å²) in [6.45, 7) is 7.87. The van der Waals surface area contributed by atoms with Crippen molar-refractivity contribution in [2.75, 3.05) is 45.9 Å². The Morgan fingerprint density at radius 3 is 2.46 bits per heavy atom. The first-order chi connectivity index (χ1) is 12.9. The molecule has 2 aliphatic heterocycles. The van der Waals surface area contributed by atoms with Crippen molar-refractivity contribution in [3.63, 3.8) is 0 Å². The number of hydrogen-bond acceptors (Lipinski definition) is 6. The molecule has 0 N–H and O–H groups in total. The number of rotatable bonds is 6. The Kier molecular flexibility index (Phi) is 5.94. The lowest BCUT2D eigenvalue weighted by molar-refractivity contribution is 0.0778. The number of nitrogens with zero attached hydrogens (tertiary/aromatic N) is 4. The molecule has 2 saturated heterocycles. The topological polar surface area (TPSA) is 54.6 Å². The molecule has 0 saturated carbocycles. The van der Waals surface area contributed by atoms with Gasteiger partial charge in [-0.25, -0.2) is 0 Å². The summed E-state index contributed by atoms with van der Waals surface area (Å²) < 4.78 is 10.9. The van der Waals surface area contributed by atoms with Gasteiger partial charge in [0.1, 0.15) is 0 Å². The largest absolute Gasteiger partial charge is 0.381 e. The van der Waals surface area contributed by atoms with Crippen LogP contribution in [0.4, 0.5) is 0 Å². The molecule has 3 heterocycles. The second-order valence-electron chi connectivity index (χ2n) is 7.29. The minimum atomic E-state index is 0.375. The van der Waals surface area contributed by atoms with Crippen LogP contribution in [0.25, 0.3) is 0 Å². The molecule has 26 heavy (non-hydrogen) atoms. The Hall–Kier alpha value is -1.76. The predicted octanol–water partition coefficient (Wildman–Crippen LogP) is 2.32. The smallest absolute Gasteiger partial charge is 0.229 e. The molecule has 0 bridgehead atoms. The van der Waals surface area contributed by atoms with Crippen LogP contribution in [0.15, 0.2) is 34.9 Å². The number of hydrogen-bond donors (Lipinski definition) is 0. The maximum Gasteiger partial charge on any atom is 0.229 e. The van der Waals surface area contributed by atoms with E-state index >= 15 is 0 Å². The zero-order chi connectivity index (χ0) is 17.6. The molecule has 0 unspecified atom stereocenters. The van der Waals surface area contributed by atoms with Gasteiger partial charge in [-0.3, -0.25) is 4.90 Å². The first kappa shape index (κ1) is 17.6. The van der Waals surface area contributed by atoms with Gasteiger partial charge in [-0.2, -0.15) is 4.98 Å². The number of ether oxygens (including phenoxy) is 1. The van der Waals surface area contributed by atoms with Gasteiger partial charge in [0, 0.05) is 51.9 Å². The summed E-state index contributed by atoms with van der Waals surface area (Å²) in [5.41, 5.74) is 1.42. The van der Waals surface area contributed by atoms with E-state index in [1.807, 2.05) is 0 Å². The van der Waals surface area contributed by atoms with Gasteiger partial charge < -0.3 is 14.2 Å². The molecule has 2 aromatic rings. The molecular weight excluding hydrogens is 328 g/mol. The summed E-state index contributed by atoms with van der Waals surface area (Å²) in [6.07, 6.45) is 3.10. The van der Waals surface area contributed by atoms with Crippen LogP contribution in [0.1, 0.15) is 36.0 Å². The fourth-order valence-corrected chi connectivity index (χ4v) is 3.74. The van der Waals surface area contributed by atoms with E-state index < -0.39 is 0 Å². The Balaban J connectivity index is 1.21. The van der Waals surface area contributed by atoms with E-state index in [9.17, 15) is 0 Å². The molecule has 6 heteroatoms. The van der Waals surface area contributed by atoms with Crippen LogP contribution in [0.2, 0.25) is 0 Å². The normalized spacial score (nSPS) is 20.5. The molecule has 2 fully saturated rings. The van der Waals surface area contributed by atoms with Crippen molar-refractivity contribution in [2.24, 2.45) is 0 Å². The highest BCUT2D eigenvalue weighted by Gasteiger charge is 2.23. The van der Waals surface area contributed by atoms with Gasteiger partial charge in [-0.15, -0.1) is 0 Å². The third-order valence-corrected chi connectivity index (χ3v) is 5.44. The van der Waals surface area contributed by atoms with Crippen LogP contribution in [-0.4, -0.2) is 65.9 Å². The molecule has 0 radical (unpaired) electrons. The third-order valence-electron chi connectivity index (χ3n) is 5.44. The van der Waals surface area contributed by atoms with E-state index in [0.717, 1.165) is 83.5 Å². The van der Waals surface area contributed by atoms with Gasteiger partial charge in [0.25, 0.3) is 0 Å². The van der Waals surface area contributed by atoms with Crippen molar-refractivity contribution in [3.8, 4) is 0 Å². The van der Waals surface area contributed by atoms with Crippen LogP contribution >= 0.6 is 0 Å². The second-order valence-corrected chi connectivity index (χ2v) is 7.29. The maximum atomic E-state index is 5.50. The summed E-state index contributed by atoms with van der Waals surface area (Å²) in [6, 6.07) is 10.7. The lowest BCUT2D eigenvalue weighted by atomic mass is 10.0. The van der Waals surface area contributed by atoms with E-state index in [1.54, 1.807) is 0 Å². The van der Waals surface area contributed by atoms with Crippen molar-refractivity contribution in [1.82, 2.24) is 19.9 Å². The van der Waals surface area contributed by atoms with Gasteiger partial charge in [-0.05, 0) is 24.8 Å². The molecule has 2 aliphatic rings. The molecule has 0 spiro atoms. The van der Waals surface area contributed by atoms with Crippen molar-refractivity contribution >= 4 is 0 Å². The molecule has 140 valence electrons. The van der Waals surface area contributed by atoms with Gasteiger partial charge in [0.15, 0.2) is 5.82 Å². The quantitative estimate of drug-likeness (QED) is 0.792. The average Bonchev–Trinajstić information content (AvgIpc) is 3.17. The van der Waals surface area contributed by atoms with Crippen LogP contribution in [-0.2, 0) is 17.7 Å². The number of aromatic nitrogens is 2. The van der Waals surface area contributed by atoms with Crippen molar-refractivity contribution in [2.45, 2.75) is 31.7 Å². The van der Waals surface area contributed by atoms with E-state index in [1.165, 1.54) is 5.56 Å². The molecule has 0 atom stereocenters. The summed E-state index contributed by atoms with van der Waals surface area (Å²) in [4.78, 5) is 9.61. The van der Waals surface area contributed by atoms with Crippen LogP contribution in [0.3, 0.4) is 0 Å².